The van der Waals surface area contributed by atoms with E-state index in [0.29, 0.717) is 16.5 Å². The van der Waals surface area contributed by atoms with E-state index in [1.54, 1.807) is 6.92 Å². The molecule has 2 aliphatic rings. The third-order valence-electron chi connectivity index (χ3n) is 6.16. The minimum Gasteiger partial charge on any atom is -0.335 e. The number of aromatic nitrogens is 3. The Kier molecular flexibility index (Phi) is 6.18. The summed E-state index contributed by atoms with van der Waals surface area (Å²) < 4.78 is 1.94. The number of nitrogens with zero attached hydrogens (tertiary/aromatic N) is 3. The van der Waals surface area contributed by atoms with Crippen molar-refractivity contribution in [2.24, 2.45) is 18.4 Å². The van der Waals surface area contributed by atoms with Gasteiger partial charge >= 0.3 is 6.03 Å². The average molecular weight is 462 g/mol. The zero-order valence-corrected chi connectivity index (χ0v) is 20.5. The summed E-state index contributed by atoms with van der Waals surface area (Å²) in [6, 6.07) is 2.07. The molecular weight excluding hydrogens is 430 g/mol. The van der Waals surface area contributed by atoms with Crippen molar-refractivity contribution in [3.05, 3.63) is 16.5 Å². The summed E-state index contributed by atoms with van der Waals surface area (Å²) >= 11 is 3.12. The molecule has 1 fully saturated rings. The van der Waals surface area contributed by atoms with Crippen LogP contribution in [0.5, 0.6) is 0 Å². The zero-order valence-electron chi connectivity index (χ0n) is 18.8. The number of carbonyl (C=O) groups excluding carboxylic acids is 2. The van der Waals surface area contributed by atoms with E-state index in [9.17, 15) is 9.59 Å². The van der Waals surface area contributed by atoms with Gasteiger partial charge in [-0.25, -0.2) is 4.79 Å². The van der Waals surface area contributed by atoms with Gasteiger partial charge in [0.05, 0.1) is 10.1 Å². The first-order chi connectivity index (χ1) is 14.6. The highest BCUT2D eigenvalue weighted by atomic mass is 32.2. The molecule has 2 aliphatic carbocycles. The maximum atomic E-state index is 12.3. The number of hydrogen-bond donors (Lipinski definition) is 2. The highest BCUT2D eigenvalue weighted by molar-refractivity contribution is 8.00. The summed E-state index contributed by atoms with van der Waals surface area (Å²) in [5, 5.41) is 14.1. The predicted molar refractivity (Wildman–Crippen MR) is 124 cm³/mol. The van der Waals surface area contributed by atoms with Gasteiger partial charge in [0.2, 0.25) is 5.91 Å². The molecule has 31 heavy (non-hydrogen) atoms. The highest BCUT2D eigenvalue weighted by Gasteiger charge is 2.31. The first-order valence-electron chi connectivity index (χ1n) is 10.9. The van der Waals surface area contributed by atoms with E-state index in [0.717, 1.165) is 36.4 Å². The Labute approximate surface area is 191 Å². The lowest BCUT2D eigenvalue weighted by molar-refractivity contribution is -0.119. The number of imide groups is 1. The molecular formula is C22H31N5O2S2. The molecule has 9 heteroatoms. The van der Waals surface area contributed by atoms with Gasteiger partial charge in [0, 0.05) is 18.0 Å². The lowest BCUT2D eigenvalue weighted by atomic mass is 9.72. The molecule has 0 bridgehead atoms. The molecule has 0 unspecified atom stereocenters. The molecule has 2 heterocycles. The van der Waals surface area contributed by atoms with Crippen LogP contribution in [0.2, 0.25) is 0 Å². The van der Waals surface area contributed by atoms with E-state index < -0.39 is 11.3 Å². The molecule has 168 valence electrons. The second-order valence-corrected chi connectivity index (χ2v) is 12.2. The number of thioether (sulfide) groups is 1. The first-order valence-corrected chi connectivity index (χ1v) is 12.6. The second-order valence-electron chi connectivity index (χ2n) is 9.73. The minimum atomic E-state index is -0.454. The molecule has 0 radical (unpaired) electrons. The number of fused-ring (bicyclic) bond motifs is 1. The van der Waals surface area contributed by atoms with Crippen molar-refractivity contribution in [1.82, 2.24) is 25.4 Å². The Hall–Kier alpha value is -1.87. The van der Waals surface area contributed by atoms with Gasteiger partial charge in [-0.15, -0.1) is 21.5 Å². The van der Waals surface area contributed by atoms with Gasteiger partial charge in [0.1, 0.15) is 0 Å². The van der Waals surface area contributed by atoms with Crippen LogP contribution in [-0.4, -0.2) is 38.0 Å². The Morgan fingerprint density at radius 1 is 1.26 bits per heavy atom. The van der Waals surface area contributed by atoms with Crippen LogP contribution in [0.4, 0.5) is 4.79 Å². The second kappa shape index (κ2) is 8.58. The monoisotopic (exact) mass is 461 g/mol. The number of nitrogens with one attached hydrogen (secondary N) is 2. The number of thiophene rings is 1. The lowest BCUT2D eigenvalue weighted by Crippen LogP contribution is -2.43. The summed E-state index contributed by atoms with van der Waals surface area (Å²) in [6.45, 7) is 8.76. The van der Waals surface area contributed by atoms with Crippen LogP contribution in [0.1, 0.15) is 57.4 Å². The molecule has 2 aromatic heterocycles. The quantitative estimate of drug-likeness (QED) is 0.653. The fourth-order valence-corrected chi connectivity index (χ4v) is 5.92. The van der Waals surface area contributed by atoms with Crippen LogP contribution in [0.15, 0.2) is 11.2 Å². The van der Waals surface area contributed by atoms with E-state index in [2.05, 4.69) is 47.7 Å². The summed E-state index contributed by atoms with van der Waals surface area (Å²) in [6.07, 6.45) is 5.45. The zero-order chi connectivity index (χ0) is 22.3. The summed E-state index contributed by atoms with van der Waals surface area (Å²) in [7, 11) is 1.93. The molecule has 1 saturated carbocycles. The molecule has 2 atom stereocenters. The maximum absolute atomic E-state index is 12.3. The predicted octanol–water partition coefficient (Wildman–Crippen LogP) is 4.16. The van der Waals surface area contributed by atoms with Gasteiger partial charge in [0.15, 0.2) is 11.0 Å². The Balaban J connectivity index is 1.42. The molecule has 0 spiro atoms. The Morgan fingerprint density at radius 2 is 2.00 bits per heavy atom. The van der Waals surface area contributed by atoms with Crippen LogP contribution < -0.4 is 10.6 Å². The number of carbonyl (C=O) groups is 2. The van der Waals surface area contributed by atoms with E-state index in [4.69, 9.17) is 0 Å². The van der Waals surface area contributed by atoms with E-state index >= 15 is 0 Å². The molecule has 0 aromatic carbocycles. The molecule has 3 amide bonds. The third kappa shape index (κ3) is 5.14. The minimum absolute atomic E-state index is 0.215. The fourth-order valence-electron chi connectivity index (χ4n) is 3.88. The summed E-state index contributed by atoms with van der Waals surface area (Å²) in [5.41, 5.74) is 1.76. The number of rotatable bonds is 5. The molecule has 4 rings (SSSR count). The maximum Gasteiger partial charge on any atom is 0.321 e. The topological polar surface area (TPSA) is 88.9 Å². The molecule has 2 aromatic rings. The van der Waals surface area contributed by atoms with Crippen molar-refractivity contribution in [3.8, 4) is 10.7 Å². The number of amides is 3. The fraction of sp³-hybridized carbons (Fsp3) is 0.636. The normalized spacial score (nSPS) is 19.6. The number of urea groups is 1. The lowest BCUT2D eigenvalue weighted by Gasteiger charge is -2.33. The highest BCUT2D eigenvalue weighted by Crippen LogP contribution is 2.42. The van der Waals surface area contributed by atoms with Crippen LogP contribution in [-0.2, 0) is 24.7 Å². The van der Waals surface area contributed by atoms with Crippen molar-refractivity contribution >= 4 is 35.0 Å². The van der Waals surface area contributed by atoms with E-state index in [1.165, 1.54) is 28.6 Å². The van der Waals surface area contributed by atoms with Gasteiger partial charge < -0.3 is 9.88 Å². The molecule has 7 nitrogen and oxygen atoms in total. The van der Waals surface area contributed by atoms with Crippen molar-refractivity contribution < 1.29 is 9.59 Å². The molecule has 0 aliphatic heterocycles. The Bertz CT molecular complexity index is 987. The van der Waals surface area contributed by atoms with Gasteiger partial charge in [-0.3, -0.25) is 10.1 Å². The smallest absolute Gasteiger partial charge is 0.321 e. The van der Waals surface area contributed by atoms with Crippen LogP contribution in [0.25, 0.3) is 10.7 Å². The van der Waals surface area contributed by atoms with Crippen molar-refractivity contribution in [2.45, 2.75) is 76.2 Å². The van der Waals surface area contributed by atoms with Crippen LogP contribution in [0, 0.1) is 11.3 Å². The Morgan fingerprint density at radius 3 is 2.68 bits per heavy atom. The van der Waals surface area contributed by atoms with Crippen LogP contribution >= 0.6 is 23.1 Å². The standard InChI is InChI=1S/C22H31N5O2S2/c1-12(19(28)24-20(29)23-15-7-8-15)30-21-26-25-18(27(21)5)17-11-13-10-14(22(2,3)4)6-9-16(13)31-17/h11-12,14-15H,6-10H2,1-5H3,(H2,23,24,28,29)/t12-,14-/m1/s1. The number of hydrogen-bond acceptors (Lipinski definition) is 6. The SMILES string of the molecule is C[C@@H](Sc1nnc(-c2cc3c(s2)CC[C@@H](C(C)(C)C)C3)n1C)C(=O)NC(=O)NC1CC1. The largest absolute Gasteiger partial charge is 0.335 e. The van der Waals surface area contributed by atoms with Crippen molar-refractivity contribution in [1.29, 1.82) is 0 Å². The van der Waals surface area contributed by atoms with E-state index in [1.807, 2.05) is 23.0 Å². The van der Waals surface area contributed by atoms with Gasteiger partial charge in [0.25, 0.3) is 0 Å². The first kappa shape index (κ1) is 22.3. The summed E-state index contributed by atoms with van der Waals surface area (Å²) in [4.78, 5) is 26.7. The van der Waals surface area contributed by atoms with Crippen molar-refractivity contribution in [2.75, 3.05) is 0 Å². The van der Waals surface area contributed by atoms with Crippen molar-refractivity contribution in [3.63, 3.8) is 0 Å². The summed E-state index contributed by atoms with van der Waals surface area (Å²) in [5.74, 6) is 1.20. The van der Waals surface area contributed by atoms with Gasteiger partial charge in [-0.2, -0.15) is 0 Å². The third-order valence-corrected chi connectivity index (χ3v) is 8.53. The van der Waals surface area contributed by atoms with E-state index in [-0.39, 0.29) is 11.9 Å². The van der Waals surface area contributed by atoms with Crippen LogP contribution in [0.3, 0.4) is 0 Å². The van der Waals surface area contributed by atoms with Gasteiger partial charge in [-0.1, -0.05) is 32.5 Å². The van der Waals surface area contributed by atoms with Gasteiger partial charge in [-0.05, 0) is 62.0 Å². The number of aryl methyl sites for hydroxylation is 1. The molecule has 0 saturated heterocycles. The average Bonchev–Trinajstić information content (AvgIpc) is 3.28. The molecule has 2 N–H and O–H groups in total.